The summed E-state index contributed by atoms with van der Waals surface area (Å²) in [6, 6.07) is 13.1. The van der Waals surface area contributed by atoms with Gasteiger partial charge in [-0.25, -0.2) is 18.1 Å². The SMILES string of the molecule is CCCS(=O)(=O)NC1CCN(C(=O)c2cc(-c3ccc(Cl)s3)nc3ccccc23)CC1. The average Bonchev–Trinajstić information content (AvgIpc) is 3.19. The van der Waals surface area contributed by atoms with E-state index in [9.17, 15) is 13.2 Å². The molecule has 9 heteroatoms. The van der Waals surface area contributed by atoms with Gasteiger partial charge in [0.25, 0.3) is 5.91 Å². The first-order valence-corrected chi connectivity index (χ1v) is 13.2. The van der Waals surface area contributed by atoms with Crippen LogP contribution < -0.4 is 4.72 Å². The number of aromatic nitrogens is 1. The van der Waals surface area contributed by atoms with Crippen molar-refractivity contribution in [3.63, 3.8) is 0 Å². The molecular formula is C22H24ClN3O3S2. The van der Waals surface area contributed by atoms with Crippen molar-refractivity contribution in [1.82, 2.24) is 14.6 Å². The van der Waals surface area contributed by atoms with Crippen LogP contribution in [-0.4, -0.2) is 49.1 Å². The Kier molecular flexibility index (Phi) is 6.62. The maximum atomic E-state index is 13.4. The van der Waals surface area contributed by atoms with Crippen LogP contribution in [0.4, 0.5) is 0 Å². The molecule has 6 nitrogen and oxygen atoms in total. The molecule has 0 saturated carbocycles. The Hall–Kier alpha value is -2.00. The molecule has 2 aromatic heterocycles. The van der Waals surface area contributed by atoms with Gasteiger partial charge in [-0.2, -0.15) is 0 Å². The van der Waals surface area contributed by atoms with E-state index in [0.29, 0.717) is 42.3 Å². The van der Waals surface area contributed by atoms with Crippen molar-refractivity contribution in [2.75, 3.05) is 18.8 Å². The largest absolute Gasteiger partial charge is 0.339 e. The summed E-state index contributed by atoms with van der Waals surface area (Å²) < 4.78 is 27.5. The fraction of sp³-hybridized carbons (Fsp3) is 0.364. The Morgan fingerprint density at radius 3 is 2.65 bits per heavy atom. The van der Waals surface area contributed by atoms with Crippen molar-refractivity contribution in [1.29, 1.82) is 0 Å². The van der Waals surface area contributed by atoms with Gasteiger partial charge in [0.1, 0.15) is 0 Å². The molecule has 1 fully saturated rings. The Bertz CT molecular complexity index is 1200. The zero-order chi connectivity index (χ0) is 22.0. The molecule has 0 radical (unpaired) electrons. The number of piperidine rings is 1. The van der Waals surface area contributed by atoms with Crippen LogP contribution in [0.15, 0.2) is 42.5 Å². The van der Waals surface area contributed by atoms with E-state index >= 15 is 0 Å². The van der Waals surface area contributed by atoms with Crippen LogP contribution in [0.2, 0.25) is 4.34 Å². The molecule has 1 aromatic carbocycles. The van der Waals surface area contributed by atoms with Crippen LogP contribution in [-0.2, 0) is 10.0 Å². The number of pyridine rings is 1. The number of thiophene rings is 1. The Labute approximate surface area is 191 Å². The number of fused-ring (bicyclic) bond motifs is 1. The minimum Gasteiger partial charge on any atom is -0.339 e. The lowest BCUT2D eigenvalue weighted by atomic mass is 10.0. The number of hydrogen-bond donors (Lipinski definition) is 1. The van der Waals surface area contributed by atoms with Gasteiger partial charge in [-0.3, -0.25) is 4.79 Å². The van der Waals surface area contributed by atoms with E-state index in [4.69, 9.17) is 16.6 Å². The van der Waals surface area contributed by atoms with Crippen molar-refractivity contribution >= 4 is 49.8 Å². The predicted molar refractivity (Wildman–Crippen MR) is 126 cm³/mol. The Balaban J connectivity index is 1.57. The summed E-state index contributed by atoms with van der Waals surface area (Å²) >= 11 is 7.53. The molecule has 0 bridgehead atoms. The van der Waals surface area contributed by atoms with Crippen LogP contribution in [0.1, 0.15) is 36.5 Å². The highest BCUT2D eigenvalue weighted by atomic mass is 35.5. The molecule has 4 rings (SSSR count). The number of benzene rings is 1. The van der Waals surface area contributed by atoms with E-state index in [0.717, 1.165) is 21.5 Å². The van der Waals surface area contributed by atoms with Gasteiger partial charge in [0, 0.05) is 24.5 Å². The number of amides is 1. The maximum Gasteiger partial charge on any atom is 0.254 e. The van der Waals surface area contributed by atoms with Crippen molar-refractivity contribution in [2.24, 2.45) is 0 Å². The topological polar surface area (TPSA) is 79.4 Å². The third kappa shape index (κ3) is 5.09. The zero-order valence-corrected chi connectivity index (χ0v) is 19.6. The lowest BCUT2D eigenvalue weighted by molar-refractivity contribution is 0.0713. The first-order chi connectivity index (χ1) is 14.9. The smallest absolute Gasteiger partial charge is 0.254 e. The quantitative estimate of drug-likeness (QED) is 0.564. The summed E-state index contributed by atoms with van der Waals surface area (Å²) in [6.07, 6.45) is 1.79. The first kappa shape index (κ1) is 22.2. The number of nitrogens with one attached hydrogen (secondary N) is 1. The van der Waals surface area contributed by atoms with Crippen LogP contribution in [0, 0.1) is 0 Å². The third-order valence-electron chi connectivity index (χ3n) is 5.37. The predicted octanol–water partition coefficient (Wildman–Crippen LogP) is 4.55. The molecule has 3 aromatic rings. The van der Waals surface area contributed by atoms with Gasteiger partial charge < -0.3 is 4.90 Å². The summed E-state index contributed by atoms with van der Waals surface area (Å²) in [6.45, 7) is 2.86. The monoisotopic (exact) mass is 477 g/mol. The van der Waals surface area contributed by atoms with Crippen molar-refractivity contribution in [3.8, 4) is 10.6 Å². The molecule has 1 aliphatic heterocycles. The van der Waals surface area contributed by atoms with Crippen LogP contribution in [0.25, 0.3) is 21.5 Å². The number of sulfonamides is 1. The van der Waals surface area contributed by atoms with Crippen LogP contribution in [0.3, 0.4) is 0 Å². The van der Waals surface area contributed by atoms with E-state index in [-0.39, 0.29) is 17.7 Å². The second-order valence-corrected chi connectivity index (χ2v) is 11.3. The molecule has 0 aliphatic carbocycles. The molecule has 0 atom stereocenters. The maximum absolute atomic E-state index is 13.4. The van der Waals surface area contributed by atoms with Gasteiger partial charge in [0.15, 0.2) is 0 Å². The van der Waals surface area contributed by atoms with Crippen molar-refractivity contribution in [2.45, 2.75) is 32.2 Å². The number of halogens is 1. The molecule has 0 spiro atoms. The zero-order valence-electron chi connectivity index (χ0n) is 17.2. The number of hydrogen-bond acceptors (Lipinski definition) is 5. The summed E-state index contributed by atoms with van der Waals surface area (Å²) in [4.78, 5) is 20.9. The average molecular weight is 478 g/mol. The van der Waals surface area contributed by atoms with E-state index < -0.39 is 10.0 Å². The van der Waals surface area contributed by atoms with E-state index in [1.54, 1.807) is 4.90 Å². The van der Waals surface area contributed by atoms with Gasteiger partial charge in [-0.15, -0.1) is 11.3 Å². The number of carbonyl (C=O) groups excluding carboxylic acids is 1. The highest BCUT2D eigenvalue weighted by molar-refractivity contribution is 7.89. The highest BCUT2D eigenvalue weighted by Crippen LogP contribution is 2.33. The summed E-state index contributed by atoms with van der Waals surface area (Å²) in [5.74, 6) is 0.0716. The lowest BCUT2D eigenvalue weighted by Gasteiger charge is -2.32. The summed E-state index contributed by atoms with van der Waals surface area (Å²) in [7, 11) is -3.26. The summed E-state index contributed by atoms with van der Waals surface area (Å²) in [5, 5.41) is 0.810. The number of rotatable bonds is 6. The summed E-state index contributed by atoms with van der Waals surface area (Å²) in [5.41, 5.74) is 2.09. The standard InChI is InChI=1S/C22H24ClN3O3S2/c1-2-13-31(28,29)25-15-9-11-26(12-10-15)22(27)17-14-19(20-7-8-21(23)30-20)24-18-6-4-3-5-16(17)18/h3-8,14-15,25H,2,9-13H2,1H3. The molecule has 31 heavy (non-hydrogen) atoms. The normalized spacial score (nSPS) is 15.5. The molecule has 3 heterocycles. The van der Waals surface area contributed by atoms with Crippen molar-refractivity contribution in [3.05, 3.63) is 52.4 Å². The van der Waals surface area contributed by atoms with Gasteiger partial charge in [-0.1, -0.05) is 36.7 Å². The van der Waals surface area contributed by atoms with Gasteiger partial charge in [0.2, 0.25) is 10.0 Å². The molecule has 0 unspecified atom stereocenters. The van der Waals surface area contributed by atoms with Gasteiger partial charge in [0.05, 0.1) is 31.7 Å². The van der Waals surface area contributed by atoms with E-state index in [2.05, 4.69) is 4.72 Å². The minimum absolute atomic E-state index is 0.0580. The molecule has 1 N–H and O–H groups in total. The minimum atomic E-state index is -3.26. The molecule has 1 saturated heterocycles. The lowest BCUT2D eigenvalue weighted by Crippen LogP contribution is -2.47. The van der Waals surface area contributed by atoms with Crippen LogP contribution >= 0.6 is 22.9 Å². The van der Waals surface area contributed by atoms with E-state index in [1.807, 2.05) is 49.4 Å². The number of nitrogens with zero attached hydrogens (tertiary/aromatic N) is 2. The third-order valence-corrected chi connectivity index (χ3v) is 8.27. The fourth-order valence-corrected chi connectivity index (χ4v) is 6.29. The second kappa shape index (κ2) is 9.24. The van der Waals surface area contributed by atoms with Gasteiger partial charge >= 0.3 is 0 Å². The van der Waals surface area contributed by atoms with E-state index in [1.165, 1.54) is 11.3 Å². The Morgan fingerprint density at radius 1 is 1.23 bits per heavy atom. The molecule has 1 amide bonds. The van der Waals surface area contributed by atoms with Gasteiger partial charge in [-0.05, 0) is 43.5 Å². The van der Waals surface area contributed by atoms with Crippen LogP contribution in [0.5, 0.6) is 0 Å². The Morgan fingerprint density at radius 2 is 1.97 bits per heavy atom. The molecular weight excluding hydrogens is 454 g/mol. The van der Waals surface area contributed by atoms with Crippen molar-refractivity contribution < 1.29 is 13.2 Å². The first-order valence-electron chi connectivity index (χ1n) is 10.3. The fourth-order valence-electron chi connectivity index (χ4n) is 3.88. The molecule has 1 aliphatic rings. The number of carbonyl (C=O) groups is 1. The molecule has 164 valence electrons. The highest BCUT2D eigenvalue weighted by Gasteiger charge is 2.27. The number of likely N-dealkylation sites (tertiary alicyclic amines) is 1. The number of para-hydroxylation sites is 1. The second-order valence-electron chi connectivity index (χ2n) is 7.68.